The van der Waals surface area contributed by atoms with Gasteiger partial charge >= 0.3 is 6.61 Å². The van der Waals surface area contributed by atoms with Crippen LogP contribution in [0.25, 0.3) is 5.69 Å². The summed E-state index contributed by atoms with van der Waals surface area (Å²) >= 11 is 0. The number of hydrogen-bond acceptors (Lipinski definition) is 5. The lowest BCUT2D eigenvalue weighted by Gasteiger charge is -2.24. The number of alkyl halides is 2. The van der Waals surface area contributed by atoms with Gasteiger partial charge in [0.05, 0.1) is 30.2 Å². The Kier molecular flexibility index (Phi) is 6.19. The summed E-state index contributed by atoms with van der Waals surface area (Å²) in [7, 11) is 0. The molecule has 0 spiro atoms. The molecule has 2 heterocycles. The van der Waals surface area contributed by atoms with E-state index in [1.54, 1.807) is 12.1 Å². The van der Waals surface area contributed by atoms with E-state index in [2.05, 4.69) is 20.5 Å². The van der Waals surface area contributed by atoms with Gasteiger partial charge in [0, 0.05) is 30.5 Å². The summed E-state index contributed by atoms with van der Waals surface area (Å²) < 4.78 is 50.2. The van der Waals surface area contributed by atoms with Crippen molar-refractivity contribution in [3.8, 4) is 11.4 Å². The lowest BCUT2D eigenvalue weighted by atomic mass is 10.1. The van der Waals surface area contributed by atoms with Crippen LogP contribution >= 0.6 is 0 Å². The number of rotatable bonds is 6. The van der Waals surface area contributed by atoms with Crippen LogP contribution in [0, 0.1) is 5.82 Å². The summed E-state index contributed by atoms with van der Waals surface area (Å²) in [4.78, 5) is 12.5. The van der Waals surface area contributed by atoms with E-state index in [1.807, 2.05) is 0 Å². The highest BCUT2D eigenvalue weighted by Crippen LogP contribution is 2.25. The summed E-state index contributed by atoms with van der Waals surface area (Å²) in [6.07, 6.45) is 2.46. The second kappa shape index (κ2) is 9.19. The largest absolute Gasteiger partial charge is 0.435 e. The van der Waals surface area contributed by atoms with Crippen LogP contribution in [0.1, 0.15) is 22.0 Å². The maximum atomic E-state index is 14.5. The molecule has 4 rings (SSSR count). The summed E-state index contributed by atoms with van der Waals surface area (Å²) in [5.41, 5.74) is 1.53. The predicted octanol–water partition coefficient (Wildman–Crippen LogP) is 3.53. The number of carbonyl (C=O) groups excluding carboxylic acids is 1. The van der Waals surface area contributed by atoms with Gasteiger partial charge in [0.2, 0.25) is 0 Å². The van der Waals surface area contributed by atoms with E-state index in [0.717, 1.165) is 6.54 Å². The maximum absolute atomic E-state index is 14.5. The number of amides is 1. The topological polar surface area (TPSA) is 77.4 Å². The zero-order valence-corrected chi connectivity index (χ0v) is 16.2. The van der Waals surface area contributed by atoms with Crippen molar-refractivity contribution in [1.82, 2.24) is 15.1 Å². The van der Waals surface area contributed by atoms with E-state index in [-0.39, 0.29) is 17.4 Å². The first-order chi connectivity index (χ1) is 15.0. The number of aromatic nitrogens is 2. The van der Waals surface area contributed by atoms with E-state index < -0.39 is 18.3 Å². The minimum atomic E-state index is -2.91. The van der Waals surface area contributed by atoms with Crippen LogP contribution in [0.4, 0.5) is 18.9 Å². The van der Waals surface area contributed by atoms with Crippen molar-refractivity contribution < 1.29 is 27.4 Å². The summed E-state index contributed by atoms with van der Waals surface area (Å²) in [5.74, 6) is -0.913. The molecule has 31 heavy (non-hydrogen) atoms. The van der Waals surface area contributed by atoms with Crippen LogP contribution in [0.15, 0.2) is 54.9 Å². The molecular weight excluding hydrogens is 413 g/mol. The number of anilines is 1. The van der Waals surface area contributed by atoms with Crippen molar-refractivity contribution in [3.05, 3.63) is 71.8 Å². The number of halogens is 3. The fraction of sp³-hybridized carbons (Fsp3) is 0.238. The number of morpholine rings is 1. The molecule has 1 aliphatic heterocycles. The molecule has 1 amide bonds. The Morgan fingerprint density at radius 2 is 2.06 bits per heavy atom. The molecule has 0 bridgehead atoms. The Labute approximate surface area is 175 Å². The fourth-order valence-electron chi connectivity index (χ4n) is 3.20. The zero-order chi connectivity index (χ0) is 21.8. The van der Waals surface area contributed by atoms with Crippen LogP contribution in [-0.2, 0) is 4.74 Å². The van der Waals surface area contributed by atoms with Crippen LogP contribution < -0.4 is 15.4 Å². The summed E-state index contributed by atoms with van der Waals surface area (Å²) in [5, 5.41) is 9.88. The normalized spacial score (nSPS) is 16.3. The average Bonchev–Trinajstić information content (AvgIpc) is 3.25. The molecule has 1 aromatic heterocycles. The number of nitrogens with zero attached hydrogens (tertiary/aromatic N) is 2. The van der Waals surface area contributed by atoms with Gasteiger partial charge in [-0.05, 0) is 36.4 Å². The zero-order valence-electron chi connectivity index (χ0n) is 16.2. The van der Waals surface area contributed by atoms with Crippen LogP contribution in [0.3, 0.4) is 0 Å². The van der Waals surface area contributed by atoms with Gasteiger partial charge in [-0.3, -0.25) is 4.79 Å². The molecule has 1 fully saturated rings. The monoisotopic (exact) mass is 432 g/mol. The Morgan fingerprint density at radius 1 is 1.26 bits per heavy atom. The SMILES string of the molecule is O=C(Nc1ccc(C2CNCCO2)c(F)c1)c1cnn(-c2ccc(OC(F)F)cc2)c1. The molecule has 0 aliphatic carbocycles. The van der Waals surface area contributed by atoms with Gasteiger partial charge in [-0.25, -0.2) is 9.07 Å². The van der Waals surface area contributed by atoms with E-state index in [9.17, 15) is 18.0 Å². The van der Waals surface area contributed by atoms with Crippen molar-refractivity contribution in [2.45, 2.75) is 12.7 Å². The maximum Gasteiger partial charge on any atom is 0.387 e. The lowest BCUT2D eigenvalue weighted by molar-refractivity contribution is -0.0498. The lowest BCUT2D eigenvalue weighted by Crippen LogP contribution is -2.33. The Morgan fingerprint density at radius 3 is 2.74 bits per heavy atom. The highest BCUT2D eigenvalue weighted by Gasteiger charge is 2.20. The molecule has 10 heteroatoms. The van der Waals surface area contributed by atoms with Gasteiger partial charge in [0.15, 0.2) is 0 Å². The van der Waals surface area contributed by atoms with Gasteiger partial charge < -0.3 is 20.1 Å². The second-order valence-corrected chi connectivity index (χ2v) is 6.80. The minimum Gasteiger partial charge on any atom is -0.435 e. The molecule has 0 saturated carbocycles. The van der Waals surface area contributed by atoms with Gasteiger partial charge in [-0.2, -0.15) is 13.9 Å². The highest BCUT2D eigenvalue weighted by atomic mass is 19.3. The smallest absolute Gasteiger partial charge is 0.387 e. The van der Waals surface area contributed by atoms with Gasteiger partial charge in [0.1, 0.15) is 11.6 Å². The standard InChI is InChI=1S/C21H19F3N4O3/c22-18-9-14(1-6-17(18)19-11-25-7-8-30-19)27-20(29)13-10-26-28(12-13)15-2-4-16(5-3-15)31-21(23)24/h1-6,9-10,12,19,21,25H,7-8,11H2,(H,27,29). The Hall–Kier alpha value is -3.37. The molecule has 0 radical (unpaired) electrons. The van der Waals surface area contributed by atoms with Crippen molar-refractivity contribution >= 4 is 11.6 Å². The molecule has 1 aliphatic rings. The summed E-state index contributed by atoms with van der Waals surface area (Å²) in [6.45, 7) is -1.14. The van der Waals surface area contributed by atoms with Crippen molar-refractivity contribution in [1.29, 1.82) is 0 Å². The summed E-state index contributed by atoms with van der Waals surface area (Å²) in [6, 6.07) is 10.3. The fourth-order valence-corrected chi connectivity index (χ4v) is 3.20. The van der Waals surface area contributed by atoms with Crippen LogP contribution in [0.5, 0.6) is 5.75 Å². The van der Waals surface area contributed by atoms with Crippen molar-refractivity contribution in [3.63, 3.8) is 0 Å². The van der Waals surface area contributed by atoms with Crippen LogP contribution in [-0.4, -0.2) is 42.0 Å². The van der Waals surface area contributed by atoms with E-state index in [4.69, 9.17) is 4.74 Å². The minimum absolute atomic E-state index is 0.0174. The molecule has 2 N–H and O–H groups in total. The number of benzene rings is 2. The van der Waals surface area contributed by atoms with E-state index in [1.165, 1.54) is 47.4 Å². The Balaban J connectivity index is 1.42. The first-order valence-corrected chi connectivity index (χ1v) is 9.52. The Bertz CT molecular complexity index is 1050. The number of ether oxygens (including phenoxy) is 2. The first-order valence-electron chi connectivity index (χ1n) is 9.52. The van der Waals surface area contributed by atoms with Crippen molar-refractivity contribution in [2.75, 3.05) is 25.0 Å². The third-order valence-electron chi connectivity index (χ3n) is 4.70. The van der Waals surface area contributed by atoms with Gasteiger partial charge in [-0.15, -0.1) is 0 Å². The molecule has 1 unspecified atom stereocenters. The van der Waals surface area contributed by atoms with Crippen LogP contribution in [0.2, 0.25) is 0 Å². The first kappa shape index (κ1) is 20.9. The average molecular weight is 432 g/mol. The second-order valence-electron chi connectivity index (χ2n) is 6.80. The molecule has 1 atom stereocenters. The molecule has 7 nitrogen and oxygen atoms in total. The quantitative estimate of drug-likeness (QED) is 0.623. The highest BCUT2D eigenvalue weighted by molar-refractivity contribution is 6.04. The molecule has 162 valence electrons. The van der Waals surface area contributed by atoms with Gasteiger partial charge in [0.25, 0.3) is 5.91 Å². The predicted molar refractivity (Wildman–Crippen MR) is 106 cm³/mol. The third-order valence-corrected chi connectivity index (χ3v) is 4.70. The molecular formula is C21H19F3N4O3. The third kappa shape index (κ3) is 5.04. The van der Waals surface area contributed by atoms with E-state index >= 15 is 0 Å². The number of carbonyl (C=O) groups is 1. The number of nitrogens with one attached hydrogen (secondary N) is 2. The van der Waals surface area contributed by atoms with Crippen molar-refractivity contribution in [2.24, 2.45) is 0 Å². The number of hydrogen-bond donors (Lipinski definition) is 2. The van der Waals surface area contributed by atoms with Gasteiger partial charge in [-0.1, -0.05) is 6.07 Å². The van der Waals surface area contributed by atoms with E-state index in [0.29, 0.717) is 30.1 Å². The molecule has 2 aromatic carbocycles. The molecule has 3 aromatic rings. The molecule has 1 saturated heterocycles.